The van der Waals surface area contributed by atoms with Gasteiger partial charge in [-0.15, -0.1) is 0 Å². The third kappa shape index (κ3) is 5.07. The summed E-state index contributed by atoms with van der Waals surface area (Å²) in [6.07, 6.45) is 0.691. The third-order valence-corrected chi connectivity index (χ3v) is 4.86. The van der Waals surface area contributed by atoms with Gasteiger partial charge in [0, 0.05) is 19.0 Å². The lowest BCUT2D eigenvalue weighted by molar-refractivity contribution is -0.896. The van der Waals surface area contributed by atoms with Gasteiger partial charge in [0.05, 0.1) is 24.6 Å². The van der Waals surface area contributed by atoms with E-state index in [1.165, 1.54) is 29.2 Å². The average molecular weight is 316 g/mol. The molecule has 2 N–H and O–H groups in total. The molecule has 0 aromatic heterocycles. The Hall–Kier alpha value is -1.51. The van der Waals surface area contributed by atoms with Gasteiger partial charge >= 0.3 is 0 Å². The molecule has 0 aliphatic heterocycles. The molecular formula is C13H22N3O4S+. The summed E-state index contributed by atoms with van der Waals surface area (Å²) in [6, 6.07) is 5.35. The molecule has 118 valence electrons. The highest BCUT2D eigenvalue weighted by atomic mass is 32.2. The van der Waals surface area contributed by atoms with E-state index in [4.69, 9.17) is 0 Å². The van der Waals surface area contributed by atoms with Crippen molar-refractivity contribution in [3.05, 3.63) is 34.4 Å². The Labute approximate surface area is 125 Å². The standard InChI is InChI=1S/C13H21N3O4S/c1-3-15(4-2)11-7-10-14-21(19,20)13-9-6-5-8-12(13)16(17)18/h5-6,8-9,14H,3-4,7,10-11H2,1-2H3/p+1. The maximum absolute atomic E-state index is 12.1. The molecule has 21 heavy (non-hydrogen) atoms. The fourth-order valence-electron chi connectivity index (χ4n) is 2.06. The Kier molecular flexibility index (Phi) is 6.73. The first-order valence-corrected chi connectivity index (χ1v) is 8.47. The molecule has 1 aromatic carbocycles. The number of nitrogens with one attached hydrogen (secondary N) is 2. The Morgan fingerprint density at radius 3 is 2.43 bits per heavy atom. The molecule has 0 saturated heterocycles. The topological polar surface area (TPSA) is 93.8 Å². The number of hydrogen-bond acceptors (Lipinski definition) is 4. The van der Waals surface area contributed by atoms with Crippen LogP contribution in [0, 0.1) is 10.1 Å². The first-order chi connectivity index (χ1) is 9.92. The molecule has 1 aromatic rings. The minimum Gasteiger partial charge on any atom is -0.335 e. The van der Waals surface area contributed by atoms with Gasteiger partial charge in [0.2, 0.25) is 10.0 Å². The fraction of sp³-hybridized carbons (Fsp3) is 0.538. The maximum Gasteiger partial charge on any atom is 0.289 e. The minimum absolute atomic E-state index is 0.276. The lowest BCUT2D eigenvalue weighted by Gasteiger charge is -2.15. The SMILES string of the molecule is CC[NH+](CC)CCCNS(=O)(=O)c1ccccc1[N+](=O)[O-]. The van der Waals surface area contributed by atoms with Crippen molar-refractivity contribution < 1.29 is 18.2 Å². The molecule has 0 atom stereocenters. The molecule has 0 amide bonds. The molecule has 0 saturated carbocycles. The highest BCUT2D eigenvalue weighted by Crippen LogP contribution is 2.22. The van der Waals surface area contributed by atoms with Crippen molar-refractivity contribution in [3.8, 4) is 0 Å². The van der Waals surface area contributed by atoms with Gasteiger partial charge in [0.1, 0.15) is 0 Å². The molecule has 1 rings (SSSR count). The van der Waals surface area contributed by atoms with Crippen LogP contribution in [-0.4, -0.2) is 39.5 Å². The highest BCUT2D eigenvalue weighted by Gasteiger charge is 2.24. The van der Waals surface area contributed by atoms with Crippen molar-refractivity contribution in [1.29, 1.82) is 0 Å². The van der Waals surface area contributed by atoms with Crippen LogP contribution < -0.4 is 9.62 Å². The second-order valence-electron chi connectivity index (χ2n) is 4.68. The maximum atomic E-state index is 12.1. The van der Waals surface area contributed by atoms with E-state index in [0.717, 1.165) is 19.6 Å². The largest absolute Gasteiger partial charge is 0.335 e. The van der Waals surface area contributed by atoms with Gasteiger partial charge in [0.25, 0.3) is 5.69 Å². The Bertz CT molecular complexity index is 571. The van der Waals surface area contributed by atoms with Gasteiger partial charge < -0.3 is 4.90 Å². The van der Waals surface area contributed by atoms with Crippen LogP contribution in [0.1, 0.15) is 20.3 Å². The predicted molar refractivity (Wildman–Crippen MR) is 79.8 cm³/mol. The van der Waals surface area contributed by atoms with E-state index in [1.807, 2.05) is 0 Å². The zero-order valence-corrected chi connectivity index (χ0v) is 13.1. The van der Waals surface area contributed by atoms with Crippen molar-refractivity contribution in [3.63, 3.8) is 0 Å². The van der Waals surface area contributed by atoms with Crippen LogP contribution in [0.4, 0.5) is 5.69 Å². The smallest absolute Gasteiger partial charge is 0.289 e. The molecule has 8 heteroatoms. The number of sulfonamides is 1. The zero-order chi connectivity index (χ0) is 15.9. The number of hydrogen-bond donors (Lipinski definition) is 2. The van der Waals surface area contributed by atoms with Gasteiger partial charge in [-0.05, 0) is 19.9 Å². The first kappa shape index (κ1) is 17.5. The quantitative estimate of drug-likeness (QED) is 0.386. The van der Waals surface area contributed by atoms with E-state index in [9.17, 15) is 18.5 Å². The van der Waals surface area contributed by atoms with Crippen LogP contribution in [0.15, 0.2) is 29.2 Å². The first-order valence-electron chi connectivity index (χ1n) is 6.99. The van der Waals surface area contributed by atoms with Gasteiger partial charge in [-0.1, -0.05) is 12.1 Å². The van der Waals surface area contributed by atoms with E-state index in [2.05, 4.69) is 18.6 Å². The summed E-state index contributed by atoms with van der Waals surface area (Å²) < 4.78 is 26.7. The van der Waals surface area contributed by atoms with Gasteiger partial charge in [-0.3, -0.25) is 10.1 Å². The molecule has 0 heterocycles. The van der Waals surface area contributed by atoms with E-state index in [1.54, 1.807) is 0 Å². The molecule has 0 aliphatic carbocycles. The summed E-state index contributed by atoms with van der Waals surface area (Å²) in [4.78, 5) is 11.3. The van der Waals surface area contributed by atoms with Crippen molar-refractivity contribution in [2.75, 3.05) is 26.2 Å². The van der Waals surface area contributed by atoms with Crippen LogP contribution in [0.3, 0.4) is 0 Å². The van der Waals surface area contributed by atoms with E-state index in [0.29, 0.717) is 6.42 Å². The number of nitrogens with zero attached hydrogens (tertiary/aromatic N) is 1. The monoisotopic (exact) mass is 316 g/mol. The average Bonchev–Trinajstić information content (AvgIpc) is 2.47. The van der Waals surface area contributed by atoms with E-state index < -0.39 is 20.6 Å². The number of nitro groups is 1. The van der Waals surface area contributed by atoms with Crippen molar-refractivity contribution in [2.45, 2.75) is 25.2 Å². The molecule has 0 radical (unpaired) electrons. The summed E-state index contributed by atoms with van der Waals surface area (Å²) in [5.41, 5.74) is -0.403. The van der Waals surface area contributed by atoms with Crippen LogP contribution in [0.2, 0.25) is 0 Å². The second-order valence-corrected chi connectivity index (χ2v) is 6.42. The van der Waals surface area contributed by atoms with E-state index in [-0.39, 0.29) is 11.4 Å². The van der Waals surface area contributed by atoms with Crippen LogP contribution in [-0.2, 0) is 10.0 Å². The summed E-state index contributed by atoms with van der Waals surface area (Å²) >= 11 is 0. The van der Waals surface area contributed by atoms with Gasteiger partial charge in [-0.25, -0.2) is 13.1 Å². The van der Waals surface area contributed by atoms with Crippen molar-refractivity contribution in [1.82, 2.24) is 4.72 Å². The molecule has 7 nitrogen and oxygen atoms in total. The number of nitro benzene ring substituents is 1. The van der Waals surface area contributed by atoms with Crippen LogP contribution in [0.5, 0.6) is 0 Å². The Morgan fingerprint density at radius 1 is 1.24 bits per heavy atom. The van der Waals surface area contributed by atoms with Crippen molar-refractivity contribution >= 4 is 15.7 Å². The predicted octanol–water partition coefficient (Wildman–Crippen LogP) is 0.188. The molecule has 0 aliphatic rings. The third-order valence-electron chi connectivity index (χ3n) is 3.35. The van der Waals surface area contributed by atoms with Gasteiger partial charge in [0.15, 0.2) is 4.90 Å². The Balaban J connectivity index is 2.68. The summed E-state index contributed by atoms with van der Waals surface area (Å²) in [5.74, 6) is 0. The molecule has 0 bridgehead atoms. The Morgan fingerprint density at radius 2 is 1.86 bits per heavy atom. The lowest BCUT2D eigenvalue weighted by Crippen LogP contribution is -3.11. The number of benzene rings is 1. The minimum atomic E-state index is -3.85. The molecule has 0 spiro atoms. The number of para-hydroxylation sites is 1. The number of quaternary nitrogens is 1. The van der Waals surface area contributed by atoms with E-state index >= 15 is 0 Å². The highest BCUT2D eigenvalue weighted by molar-refractivity contribution is 7.89. The zero-order valence-electron chi connectivity index (χ0n) is 12.3. The summed E-state index contributed by atoms with van der Waals surface area (Å²) in [7, 11) is -3.85. The summed E-state index contributed by atoms with van der Waals surface area (Å²) in [5, 5.41) is 10.9. The van der Waals surface area contributed by atoms with Crippen LogP contribution >= 0.6 is 0 Å². The fourth-order valence-corrected chi connectivity index (χ4v) is 3.31. The number of rotatable bonds is 9. The molecular weight excluding hydrogens is 294 g/mol. The normalized spacial score (nSPS) is 11.8. The second kappa shape index (κ2) is 8.06. The lowest BCUT2D eigenvalue weighted by atomic mass is 10.3. The molecule has 0 unspecified atom stereocenters. The van der Waals surface area contributed by atoms with Crippen LogP contribution in [0.25, 0.3) is 0 Å². The van der Waals surface area contributed by atoms with Gasteiger partial charge in [-0.2, -0.15) is 0 Å². The summed E-state index contributed by atoms with van der Waals surface area (Å²) in [6.45, 7) is 7.29. The molecule has 0 fully saturated rings. The van der Waals surface area contributed by atoms with Crippen molar-refractivity contribution in [2.24, 2.45) is 0 Å².